The second-order valence-corrected chi connectivity index (χ2v) is 4.74. The first-order valence-electron chi connectivity index (χ1n) is 3.94. The standard InChI is InChI=1S/C7H10ClN3S/c1-11(5-2-3-5)4-6-9-10-7(8)12-6/h5H,2-4H2,1H3. The SMILES string of the molecule is CN(Cc1nnc(Cl)s1)C1CC1. The normalized spacial score (nSPS) is 17.2. The Kier molecular flexibility index (Phi) is 2.30. The molecule has 0 N–H and O–H groups in total. The first kappa shape index (κ1) is 8.41. The molecule has 66 valence electrons. The van der Waals surface area contributed by atoms with Gasteiger partial charge in [0.1, 0.15) is 5.01 Å². The van der Waals surface area contributed by atoms with Crippen LogP contribution < -0.4 is 0 Å². The topological polar surface area (TPSA) is 29.0 Å². The summed E-state index contributed by atoms with van der Waals surface area (Å²) in [5, 5.41) is 8.73. The summed E-state index contributed by atoms with van der Waals surface area (Å²) in [5.41, 5.74) is 0. The summed E-state index contributed by atoms with van der Waals surface area (Å²) in [6, 6.07) is 0.771. The predicted octanol–water partition coefficient (Wildman–Crippen LogP) is 1.79. The van der Waals surface area contributed by atoms with E-state index in [0.717, 1.165) is 17.6 Å². The van der Waals surface area contributed by atoms with Crippen LogP contribution in [0.25, 0.3) is 0 Å². The maximum absolute atomic E-state index is 5.67. The van der Waals surface area contributed by atoms with Crippen LogP contribution in [-0.2, 0) is 6.54 Å². The van der Waals surface area contributed by atoms with Crippen molar-refractivity contribution in [3.8, 4) is 0 Å². The molecule has 1 aliphatic rings. The maximum Gasteiger partial charge on any atom is 0.207 e. The van der Waals surface area contributed by atoms with Crippen molar-refractivity contribution in [2.75, 3.05) is 7.05 Å². The summed E-state index contributed by atoms with van der Waals surface area (Å²) in [5.74, 6) is 0. The lowest BCUT2D eigenvalue weighted by molar-refractivity contribution is 0.315. The zero-order chi connectivity index (χ0) is 8.55. The summed E-state index contributed by atoms with van der Waals surface area (Å²) in [4.78, 5) is 2.30. The fourth-order valence-corrected chi connectivity index (χ4v) is 2.09. The monoisotopic (exact) mass is 203 g/mol. The quantitative estimate of drug-likeness (QED) is 0.750. The van der Waals surface area contributed by atoms with Crippen LogP contribution in [0.15, 0.2) is 0 Å². The van der Waals surface area contributed by atoms with Gasteiger partial charge in [-0.05, 0) is 31.5 Å². The van der Waals surface area contributed by atoms with E-state index in [9.17, 15) is 0 Å². The van der Waals surface area contributed by atoms with Crippen molar-refractivity contribution in [1.29, 1.82) is 0 Å². The number of halogens is 1. The molecule has 0 aromatic carbocycles. The van der Waals surface area contributed by atoms with Crippen LogP contribution in [0.2, 0.25) is 4.47 Å². The molecule has 0 unspecified atom stereocenters. The third-order valence-corrected chi connectivity index (χ3v) is 3.00. The van der Waals surface area contributed by atoms with Crippen molar-refractivity contribution in [3.05, 3.63) is 9.47 Å². The Morgan fingerprint density at radius 2 is 2.33 bits per heavy atom. The second-order valence-electron chi connectivity index (χ2n) is 3.10. The molecule has 3 nitrogen and oxygen atoms in total. The number of rotatable bonds is 3. The zero-order valence-corrected chi connectivity index (χ0v) is 8.40. The third-order valence-electron chi connectivity index (χ3n) is 2.00. The summed E-state index contributed by atoms with van der Waals surface area (Å²) < 4.78 is 0.536. The molecule has 0 atom stereocenters. The molecule has 1 fully saturated rings. The number of hydrogen-bond acceptors (Lipinski definition) is 4. The van der Waals surface area contributed by atoms with Gasteiger partial charge in [-0.3, -0.25) is 4.90 Å². The van der Waals surface area contributed by atoms with Crippen molar-refractivity contribution < 1.29 is 0 Å². The second kappa shape index (κ2) is 3.28. The van der Waals surface area contributed by atoms with Crippen molar-refractivity contribution in [3.63, 3.8) is 0 Å². The molecule has 1 aliphatic carbocycles. The summed E-state index contributed by atoms with van der Waals surface area (Å²) >= 11 is 7.13. The minimum Gasteiger partial charge on any atom is -0.297 e. The first-order valence-corrected chi connectivity index (χ1v) is 5.13. The molecule has 1 heterocycles. The van der Waals surface area contributed by atoms with Gasteiger partial charge in [-0.25, -0.2) is 0 Å². The third kappa shape index (κ3) is 1.94. The zero-order valence-electron chi connectivity index (χ0n) is 6.83. The highest BCUT2D eigenvalue weighted by atomic mass is 35.5. The largest absolute Gasteiger partial charge is 0.297 e. The lowest BCUT2D eigenvalue weighted by Gasteiger charge is -2.12. The van der Waals surface area contributed by atoms with Crippen LogP contribution in [0.1, 0.15) is 17.8 Å². The van der Waals surface area contributed by atoms with E-state index in [1.165, 1.54) is 24.2 Å². The average Bonchev–Trinajstić information content (AvgIpc) is 2.78. The minimum absolute atomic E-state index is 0.536. The fourth-order valence-electron chi connectivity index (χ4n) is 1.15. The highest BCUT2D eigenvalue weighted by molar-refractivity contribution is 7.15. The van der Waals surface area contributed by atoms with Crippen molar-refractivity contribution in [2.24, 2.45) is 0 Å². The highest BCUT2D eigenvalue weighted by Crippen LogP contribution is 2.27. The summed E-state index contributed by atoms with van der Waals surface area (Å²) in [6.45, 7) is 0.884. The molecule has 0 amide bonds. The Morgan fingerprint density at radius 1 is 1.58 bits per heavy atom. The number of hydrogen-bond donors (Lipinski definition) is 0. The molecule has 12 heavy (non-hydrogen) atoms. The van der Waals surface area contributed by atoms with E-state index in [1.807, 2.05) is 0 Å². The number of aromatic nitrogens is 2. The van der Waals surface area contributed by atoms with Crippen LogP contribution in [0.5, 0.6) is 0 Å². The van der Waals surface area contributed by atoms with E-state index in [0.29, 0.717) is 4.47 Å². The van der Waals surface area contributed by atoms with Crippen LogP contribution in [0.4, 0.5) is 0 Å². The Labute approximate surface area is 80.4 Å². The molecule has 0 aliphatic heterocycles. The van der Waals surface area contributed by atoms with E-state index in [1.54, 1.807) is 0 Å². The van der Waals surface area contributed by atoms with Gasteiger partial charge < -0.3 is 0 Å². The fraction of sp³-hybridized carbons (Fsp3) is 0.714. The van der Waals surface area contributed by atoms with Gasteiger partial charge in [-0.2, -0.15) is 0 Å². The Bertz CT molecular complexity index is 271. The highest BCUT2D eigenvalue weighted by Gasteiger charge is 2.26. The molecule has 0 bridgehead atoms. The van der Waals surface area contributed by atoms with E-state index < -0.39 is 0 Å². The molecular weight excluding hydrogens is 194 g/mol. The number of nitrogens with zero attached hydrogens (tertiary/aromatic N) is 3. The van der Waals surface area contributed by atoms with Crippen LogP contribution >= 0.6 is 22.9 Å². The van der Waals surface area contributed by atoms with Gasteiger partial charge in [0.15, 0.2) is 0 Å². The molecule has 0 spiro atoms. The smallest absolute Gasteiger partial charge is 0.207 e. The van der Waals surface area contributed by atoms with Crippen LogP contribution in [0, 0.1) is 0 Å². The van der Waals surface area contributed by atoms with E-state index in [4.69, 9.17) is 11.6 Å². The van der Waals surface area contributed by atoms with Gasteiger partial charge in [0, 0.05) is 6.04 Å². The summed E-state index contributed by atoms with van der Waals surface area (Å²) in [6.07, 6.45) is 2.64. The van der Waals surface area contributed by atoms with Crippen molar-refractivity contribution >= 4 is 22.9 Å². The predicted molar refractivity (Wildman–Crippen MR) is 49.4 cm³/mol. The van der Waals surface area contributed by atoms with Gasteiger partial charge in [-0.15, -0.1) is 10.2 Å². The van der Waals surface area contributed by atoms with Gasteiger partial charge in [0.05, 0.1) is 6.54 Å². The molecule has 5 heteroatoms. The maximum atomic E-state index is 5.67. The van der Waals surface area contributed by atoms with Gasteiger partial charge in [0.25, 0.3) is 0 Å². The molecule has 1 aromatic heterocycles. The van der Waals surface area contributed by atoms with Crippen molar-refractivity contribution in [2.45, 2.75) is 25.4 Å². The first-order chi connectivity index (χ1) is 5.75. The Morgan fingerprint density at radius 3 is 2.83 bits per heavy atom. The Hall–Kier alpha value is -0.190. The van der Waals surface area contributed by atoms with Gasteiger partial charge in [-0.1, -0.05) is 11.3 Å². The van der Waals surface area contributed by atoms with E-state index in [2.05, 4.69) is 22.1 Å². The van der Waals surface area contributed by atoms with E-state index in [-0.39, 0.29) is 0 Å². The molecular formula is C7H10ClN3S. The van der Waals surface area contributed by atoms with Crippen LogP contribution in [-0.4, -0.2) is 28.2 Å². The van der Waals surface area contributed by atoms with Crippen molar-refractivity contribution in [1.82, 2.24) is 15.1 Å². The molecule has 2 rings (SSSR count). The molecule has 1 saturated carbocycles. The Balaban J connectivity index is 1.93. The van der Waals surface area contributed by atoms with E-state index >= 15 is 0 Å². The lowest BCUT2D eigenvalue weighted by Crippen LogP contribution is -2.19. The van der Waals surface area contributed by atoms with Gasteiger partial charge >= 0.3 is 0 Å². The minimum atomic E-state index is 0.536. The average molecular weight is 204 g/mol. The van der Waals surface area contributed by atoms with Gasteiger partial charge in [0.2, 0.25) is 4.47 Å². The molecule has 0 saturated heterocycles. The molecule has 0 radical (unpaired) electrons. The van der Waals surface area contributed by atoms with Crippen LogP contribution in [0.3, 0.4) is 0 Å². The molecule has 1 aromatic rings. The summed E-state index contributed by atoms with van der Waals surface area (Å²) in [7, 11) is 2.12. The lowest BCUT2D eigenvalue weighted by atomic mass is 10.5.